The molecular weight excluding hydrogens is 587 g/mol. The maximum Gasteiger partial charge on any atom is 0.254 e. The molecule has 6 atom stereocenters. The lowest BCUT2D eigenvalue weighted by Gasteiger charge is -2.53. The fraction of sp³-hybridized carbons (Fsp3) is 0.438. The molecule has 5 rings (SSSR count). The number of ketones is 2. The Morgan fingerprint density at radius 3 is 2.42 bits per heavy atom. The highest BCUT2D eigenvalue weighted by Gasteiger charge is 2.67. The van der Waals surface area contributed by atoms with Crippen LogP contribution in [0.15, 0.2) is 35.9 Å². The number of Topliss-reactive ketones (excluding diaryl/α,β-unsaturated/α-hetero) is 2. The fourth-order valence-electron chi connectivity index (χ4n) is 7.23. The summed E-state index contributed by atoms with van der Waals surface area (Å²) in [6, 6.07) is 5.80. The van der Waals surface area contributed by atoms with E-state index >= 15 is 0 Å². The zero-order chi connectivity index (χ0) is 33.1. The molecule has 12 nitrogen and oxygen atoms in total. The molecule has 0 aromatic heterocycles. The number of phenols is 1. The number of rotatable bonds is 7. The zero-order valence-electron chi connectivity index (χ0n) is 25.4. The molecule has 0 heterocycles. The van der Waals surface area contributed by atoms with Crippen molar-refractivity contribution in [3.63, 3.8) is 0 Å². The number of nitrogens with two attached hydrogens (primary N) is 1. The molecule has 2 amide bonds. The molecule has 0 spiro atoms. The average Bonchev–Trinajstić information content (AvgIpc) is 2.95. The van der Waals surface area contributed by atoms with Crippen molar-refractivity contribution >= 4 is 29.1 Å². The van der Waals surface area contributed by atoms with Crippen molar-refractivity contribution in [2.75, 3.05) is 41.3 Å². The molecule has 0 saturated heterocycles. The second kappa shape index (κ2) is 11.6. The highest BCUT2D eigenvalue weighted by molar-refractivity contribution is 6.25. The SMILES string of the molecule is CN(C)CCNC(=O)c1cc(-c2ccc(O)c3c2C[C@H]2C[C@H]4[C@H](N(C)C)C(O)C(C(N)=O)C(=O)[C@@]4(O)C(=O)C2=C3O)ccc1F. The van der Waals surface area contributed by atoms with E-state index in [9.17, 15) is 44.0 Å². The van der Waals surface area contributed by atoms with Crippen molar-refractivity contribution < 1.29 is 44.0 Å². The summed E-state index contributed by atoms with van der Waals surface area (Å²) in [5, 5.41) is 47.8. The van der Waals surface area contributed by atoms with Crippen LogP contribution < -0.4 is 11.1 Å². The summed E-state index contributed by atoms with van der Waals surface area (Å²) in [5.74, 6) is -9.71. The molecule has 0 aliphatic heterocycles. The number of primary amides is 1. The zero-order valence-corrected chi connectivity index (χ0v) is 25.4. The van der Waals surface area contributed by atoms with Gasteiger partial charge < -0.3 is 41.3 Å². The van der Waals surface area contributed by atoms with Gasteiger partial charge in [0.05, 0.1) is 17.2 Å². The van der Waals surface area contributed by atoms with Crippen LogP contribution in [-0.4, -0.2) is 113 Å². The number of carbonyl (C=O) groups excluding carboxylic acids is 4. The molecule has 2 aromatic rings. The van der Waals surface area contributed by atoms with Crippen molar-refractivity contribution in [2.24, 2.45) is 23.5 Å². The third kappa shape index (κ3) is 5.09. The summed E-state index contributed by atoms with van der Waals surface area (Å²) in [5.41, 5.74) is 3.36. The standard InChI is InChI=1S/C32H37FN4O8/c1-36(2)10-9-35-31(44)18-11-14(5-7-20(18)33)16-6-8-21(38)23-17(16)12-15-13-19-25(37(3)4)27(40)24(30(34)43)29(42)32(19,45)28(41)22(15)26(23)39/h5-8,11,15,19,24-25,27,38-40,45H,9-10,12-13H2,1-4H3,(H2,34,43)(H,35,44)/t15-,19-,24?,25-,27?,32-/m0/s1. The number of fused-ring (bicyclic) bond motifs is 3. The molecule has 0 radical (unpaired) electrons. The van der Waals surface area contributed by atoms with Crippen LogP contribution in [0, 0.1) is 23.6 Å². The van der Waals surface area contributed by atoms with Gasteiger partial charge >= 0.3 is 0 Å². The minimum Gasteiger partial charge on any atom is -0.507 e. The monoisotopic (exact) mass is 624 g/mol. The molecule has 45 heavy (non-hydrogen) atoms. The van der Waals surface area contributed by atoms with E-state index in [1.54, 1.807) is 20.2 Å². The summed E-state index contributed by atoms with van der Waals surface area (Å²) in [4.78, 5) is 55.9. The number of carbonyl (C=O) groups is 4. The number of aliphatic hydroxyl groups excluding tert-OH is 2. The highest BCUT2D eigenvalue weighted by Crippen LogP contribution is 2.53. The van der Waals surface area contributed by atoms with Gasteiger partial charge in [0.15, 0.2) is 11.4 Å². The van der Waals surface area contributed by atoms with Crippen molar-refractivity contribution in [1.29, 1.82) is 0 Å². The maximum atomic E-state index is 14.8. The van der Waals surface area contributed by atoms with Gasteiger partial charge in [-0.15, -0.1) is 0 Å². The van der Waals surface area contributed by atoms with Crippen LogP contribution in [-0.2, 0) is 20.8 Å². The smallest absolute Gasteiger partial charge is 0.254 e. The number of nitrogens with zero attached hydrogens (tertiary/aromatic N) is 2. The van der Waals surface area contributed by atoms with Crippen molar-refractivity contribution in [1.82, 2.24) is 15.1 Å². The van der Waals surface area contributed by atoms with E-state index in [4.69, 9.17) is 5.73 Å². The van der Waals surface area contributed by atoms with Gasteiger partial charge in [0.1, 0.15) is 23.2 Å². The number of phenolic OH excluding ortho intramolecular Hbond substituents is 1. The predicted molar refractivity (Wildman–Crippen MR) is 160 cm³/mol. The molecule has 2 unspecified atom stereocenters. The van der Waals surface area contributed by atoms with E-state index in [0.717, 1.165) is 6.07 Å². The first-order chi connectivity index (χ1) is 21.1. The first-order valence-corrected chi connectivity index (χ1v) is 14.6. The summed E-state index contributed by atoms with van der Waals surface area (Å²) >= 11 is 0. The molecule has 13 heteroatoms. The number of aliphatic hydroxyl groups is 3. The Bertz CT molecular complexity index is 1640. The Balaban J connectivity index is 1.61. The molecule has 7 N–H and O–H groups in total. The average molecular weight is 625 g/mol. The molecule has 3 aliphatic rings. The minimum absolute atomic E-state index is 0.0454. The molecule has 2 aromatic carbocycles. The van der Waals surface area contributed by atoms with Crippen LogP contribution in [0.1, 0.15) is 27.9 Å². The van der Waals surface area contributed by atoms with Gasteiger partial charge in [-0.25, -0.2) is 4.39 Å². The molecule has 2 saturated carbocycles. The Labute approximate surface area is 258 Å². The normalized spacial score (nSPS) is 27.7. The molecule has 240 valence electrons. The Hall–Kier alpha value is -4.17. The van der Waals surface area contributed by atoms with Gasteiger partial charge in [0, 0.05) is 30.6 Å². The van der Waals surface area contributed by atoms with Gasteiger partial charge in [0.2, 0.25) is 11.7 Å². The second-order valence-corrected chi connectivity index (χ2v) is 12.5. The van der Waals surface area contributed by atoms with Crippen LogP contribution in [0.3, 0.4) is 0 Å². The van der Waals surface area contributed by atoms with E-state index < -0.39 is 70.5 Å². The number of nitrogens with one attached hydrogen (secondary N) is 1. The highest BCUT2D eigenvalue weighted by atomic mass is 19.1. The topological polar surface area (TPSA) is 194 Å². The van der Waals surface area contributed by atoms with Gasteiger partial charge in [-0.05, 0) is 81.8 Å². The number of amides is 2. The molecule has 0 bridgehead atoms. The Kier molecular flexibility index (Phi) is 8.34. The number of aromatic hydroxyl groups is 1. The van der Waals surface area contributed by atoms with E-state index in [-0.39, 0.29) is 35.3 Å². The summed E-state index contributed by atoms with van der Waals surface area (Å²) < 4.78 is 14.8. The lowest BCUT2D eigenvalue weighted by atomic mass is 9.54. The van der Waals surface area contributed by atoms with E-state index in [0.29, 0.717) is 29.8 Å². The summed E-state index contributed by atoms with van der Waals surface area (Å²) in [6.07, 6.45) is -1.59. The number of likely N-dealkylation sites (N-methyl/N-ethyl adjacent to an activating group) is 2. The third-order valence-corrected chi connectivity index (χ3v) is 9.34. The Morgan fingerprint density at radius 1 is 1.11 bits per heavy atom. The summed E-state index contributed by atoms with van der Waals surface area (Å²) in [7, 11) is 6.82. The summed E-state index contributed by atoms with van der Waals surface area (Å²) in [6.45, 7) is 0.837. The van der Waals surface area contributed by atoms with Gasteiger partial charge in [-0.2, -0.15) is 0 Å². The number of halogens is 1. The van der Waals surface area contributed by atoms with Gasteiger partial charge in [0.25, 0.3) is 5.91 Å². The fourth-order valence-corrected chi connectivity index (χ4v) is 7.23. The van der Waals surface area contributed by atoms with Crippen LogP contribution in [0.4, 0.5) is 4.39 Å². The first kappa shape index (κ1) is 32.2. The van der Waals surface area contributed by atoms with Crippen LogP contribution in [0.2, 0.25) is 0 Å². The maximum absolute atomic E-state index is 14.8. The van der Waals surface area contributed by atoms with Crippen LogP contribution in [0.25, 0.3) is 16.9 Å². The molecular formula is C32H37FN4O8. The largest absolute Gasteiger partial charge is 0.507 e. The lowest BCUT2D eigenvalue weighted by molar-refractivity contribution is -0.184. The second-order valence-electron chi connectivity index (χ2n) is 12.5. The third-order valence-electron chi connectivity index (χ3n) is 9.34. The van der Waals surface area contributed by atoms with Gasteiger partial charge in [-0.1, -0.05) is 12.1 Å². The van der Waals surface area contributed by atoms with Crippen molar-refractivity contribution in [3.05, 3.63) is 58.4 Å². The Morgan fingerprint density at radius 2 is 1.80 bits per heavy atom. The van der Waals surface area contributed by atoms with Crippen LogP contribution in [0.5, 0.6) is 5.75 Å². The van der Waals surface area contributed by atoms with Crippen molar-refractivity contribution in [3.8, 4) is 16.9 Å². The van der Waals surface area contributed by atoms with Crippen molar-refractivity contribution in [2.45, 2.75) is 30.6 Å². The predicted octanol–water partition coefficient (Wildman–Crippen LogP) is 0.227. The lowest BCUT2D eigenvalue weighted by Crippen LogP contribution is -2.73. The van der Waals surface area contributed by atoms with E-state index in [1.807, 2.05) is 19.0 Å². The van der Waals surface area contributed by atoms with E-state index in [1.165, 1.54) is 23.1 Å². The quantitative estimate of drug-likeness (QED) is 0.232. The number of hydrogen-bond donors (Lipinski definition) is 6. The first-order valence-electron chi connectivity index (χ1n) is 14.6. The van der Waals surface area contributed by atoms with Gasteiger partial charge in [-0.3, -0.25) is 19.2 Å². The molecule has 2 fully saturated rings. The molecule has 3 aliphatic carbocycles. The number of hydrogen-bond acceptors (Lipinski definition) is 10. The number of benzene rings is 2. The van der Waals surface area contributed by atoms with E-state index in [2.05, 4.69) is 5.32 Å². The van der Waals surface area contributed by atoms with Crippen LogP contribution >= 0.6 is 0 Å². The minimum atomic E-state index is -2.76.